The molecule has 1 heterocycles. The Hall–Kier alpha value is -1.74. The van der Waals surface area contributed by atoms with Crippen molar-refractivity contribution in [2.45, 2.75) is 0 Å². The molecule has 19 heavy (non-hydrogen) atoms. The molecule has 2 rings (SSSR count). The summed E-state index contributed by atoms with van der Waals surface area (Å²) in [5.41, 5.74) is 0.272. The van der Waals surface area contributed by atoms with Crippen LogP contribution in [0.4, 0.5) is 5.69 Å². The fourth-order valence-corrected chi connectivity index (χ4v) is 2.29. The van der Waals surface area contributed by atoms with Gasteiger partial charge in [0.2, 0.25) is 5.91 Å². The van der Waals surface area contributed by atoms with Crippen molar-refractivity contribution in [3.05, 3.63) is 38.3 Å². The fraction of sp³-hybridized carbons (Fsp3) is 0.100. The van der Waals surface area contributed by atoms with Crippen molar-refractivity contribution in [1.82, 2.24) is 5.32 Å². The molecule has 1 aliphatic heterocycles. The summed E-state index contributed by atoms with van der Waals surface area (Å²) in [5.74, 6) is 0.181. The second-order valence-electron chi connectivity index (χ2n) is 3.45. The Labute approximate surface area is 120 Å². The van der Waals surface area contributed by atoms with Gasteiger partial charge in [-0.3, -0.25) is 14.9 Å². The monoisotopic (exact) mass is 342 g/mol. The summed E-state index contributed by atoms with van der Waals surface area (Å²) >= 11 is 4.40. The predicted octanol–water partition coefficient (Wildman–Crippen LogP) is 1.91. The Morgan fingerprint density at radius 3 is 2.95 bits per heavy atom. The van der Waals surface area contributed by atoms with E-state index in [-0.39, 0.29) is 11.6 Å². The first-order valence-electron chi connectivity index (χ1n) is 5.04. The minimum Gasteiger partial charge on any atom is -0.303 e. The zero-order valence-corrected chi connectivity index (χ0v) is 11.8. The molecule has 0 aromatic heterocycles. The van der Waals surface area contributed by atoms with E-state index in [0.717, 1.165) is 0 Å². The van der Waals surface area contributed by atoms with Crippen LogP contribution in [-0.2, 0) is 4.79 Å². The van der Waals surface area contributed by atoms with Crippen molar-refractivity contribution in [3.8, 4) is 0 Å². The highest BCUT2D eigenvalue weighted by Gasteiger charge is 2.16. The maximum atomic E-state index is 10.9. The number of amidine groups is 1. The van der Waals surface area contributed by atoms with Gasteiger partial charge in [0.1, 0.15) is 0 Å². The van der Waals surface area contributed by atoms with Crippen LogP contribution < -0.4 is 5.32 Å². The average Bonchev–Trinajstić information content (AvgIpc) is 2.77. The minimum absolute atomic E-state index is 0.0681. The highest BCUT2D eigenvalue weighted by Crippen LogP contribution is 2.22. The number of nitro benzene ring substituents is 1. The molecule has 0 atom stereocenters. The van der Waals surface area contributed by atoms with E-state index < -0.39 is 4.92 Å². The lowest BCUT2D eigenvalue weighted by Crippen LogP contribution is -2.19. The van der Waals surface area contributed by atoms with Gasteiger partial charge < -0.3 is 5.32 Å². The summed E-state index contributed by atoms with van der Waals surface area (Å²) in [6.07, 6.45) is 1.28. The van der Waals surface area contributed by atoms with Gasteiger partial charge in [0.25, 0.3) is 5.69 Å². The third kappa shape index (κ3) is 3.61. The molecule has 98 valence electrons. The number of hydrogen-bond acceptors (Lipinski definition) is 6. The van der Waals surface area contributed by atoms with Gasteiger partial charge in [-0.05, 0) is 12.1 Å². The number of thioether (sulfide) groups is 1. The van der Waals surface area contributed by atoms with Crippen LogP contribution in [0.25, 0.3) is 0 Å². The van der Waals surface area contributed by atoms with Crippen LogP contribution in [0, 0.1) is 10.1 Å². The summed E-state index contributed by atoms with van der Waals surface area (Å²) < 4.78 is 0.612. The van der Waals surface area contributed by atoms with Crippen LogP contribution in [0.15, 0.2) is 32.9 Å². The number of rotatable bonds is 3. The molecule has 0 unspecified atom stereocenters. The Balaban J connectivity index is 2.19. The van der Waals surface area contributed by atoms with E-state index in [1.54, 1.807) is 12.1 Å². The highest BCUT2D eigenvalue weighted by molar-refractivity contribution is 9.10. The van der Waals surface area contributed by atoms with Gasteiger partial charge >= 0.3 is 0 Å². The largest absolute Gasteiger partial charge is 0.303 e. The number of carbonyl (C=O) groups excluding carboxylic acids is 1. The number of amides is 1. The van der Waals surface area contributed by atoms with Gasteiger partial charge in [-0.15, -0.1) is 5.10 Å². The van der Waals surface area contributed by atoms with Crippen LogP contribution in [0.1, 0.15) is 5.56 Å². The van der Waals surface area contributed by atoms with Gasteiger partial charge in [-0.25, -0.2) is 0 Å². The second-order valence-corrected chi connectivity index (χ2v) is 5.33. The minimum atomic E-state index is -0.495. The Morgan fingerprint density at radius 2 is 2.32 bits per heavy atom. The van der Waals surface area contributed by atoms with Crippen molar-refractivity contribution < 1.29 is 9.72 Å². The Kier molecular flexibility index (Phi) is 4.27. The summed E-state index contributed by atoms with van der Waals surface area (Å²) in [6.45, 7) is 0. The number of nitrogens with zero attached hydrogens (tertiary/aromatic N) is 3. The summed E-state index contributed by atoms with van der Waals surface area (Å²) in [7, 11) is 0. The molecular formula is C10H7BrN4O3S. The lowest BCUT2D eigenvalue weighted by Gasteiger charge is -1.97. The van der Waals surface area contributed by atoms with Crippen LogP contribution >= 0.6 is 27.7 Å². The maximum absolute atomic E-state index is 10.9. The average molecular weight is 343 g/mol. The first-order valence-corrected chi connectivity index (χ1v) is 6.82. The molecule has 0 saturated carbocycles. The zero-order chi connectivity index (χ0) is 13.8. The first kappa shape index (κ1) is 13.7. The topological polar surface area (TPSA) is 97.0 Å². The van der Waals surface area contributed by atoms with E-state index >= 15 is 0 Å². The van der Waals surface area contributed by atoms with Crippen LogP contribution in [0.2, 0.25) is 0 Å². The molecule has 7 nitrogen and oxygen atoms in total. The molecule has 1 saturated heterocycles. The molecular weight excluding hydrogens is 336 g/mol. The van der Waals surface area contributed by atoms with Gasteiger partial charge in [0.05, 0.1) is 22.5 Å². The maximum Gasteiger partial charge on any atom is 0.279 e. The molecule has 1 aromatic rings. The van der Waals surface area contributed by atoms with Crippen molar-refractivity contribution in [3.63, 3.8) is 0 Å². The molecule has 1 amide bonds. The van der Waals surface area contributed by atoms with Gasteiger partial charge in [0, 0.05) is 10.5 Å². The summed E-state index contributed by atoms with van der Waals surface area (Å²) in [5, 5.41) is 21.3. The number of carbonyl (C=O) groups is 1. The number of nitro groups is 1. The summed E-state index contributed by atoms with van der Waals surface area (Å²) in [4.78, 5) is 21.3. The number of benzene rings is 1. The predicted molar refractivity (Wildman–Crippen MR) is 76.4 cm³/mol. The molecule has 0 radical (unpaired) electrons. The Bertz CT molecular complexity index is 602. The number of hydrogen-bond donors (Lipinski definition) is 1. The highest BCUT2D eigenvalue weighted by atomic mass is 79.9. The van der Waals surface area contributed by atoms with Crippen molar-refractivity contribution >= 4 is 50.7 Å². The molecule has 1 N–H and O–H groups in total. The molecule has 1 aliphatic rings. The zero-order valence-electron chi connectivity index (χ0n) is 9.37. The van der Waals surface area contributed by atoms with Gasteiger partial charge in [-0.2, -0.15) is 5.10 Å². The normalized spacial score (nSPS) is 17.1. The molecule has 0 spiro atoms. The summed E-state index contributed by atoms with van der Waals surface area (Å²) in [6, 6.07) is 4.63. The van der Waals surface area contributed by atoms with Crippen LogP contribution in [0.3, 0.4) is 0 Å². The molecule has 1 aromatic carbocycles. The second kappa shape index (κ2) is 5.93. The lowest BCUT2D eigenvalue weighted by molar-refractivity contribution is -0.385. The van der Waals surface area contributed by atoms with E-state index in [2.05, 4.69) is 31.4 Å². The van der Waals surface area contributed by atoms with E-state index in [1.807, 2.05) is 0 Å². The smallest absolute Gasteiger partial charge is 0.279 e. The SMILES string of the molecule is O=C1CSC(=NN=Cc2ccc(Br)cc2[N+](=O)[O-])N1. The van der Waals surface area contributed by atoms with Gasteiger partial charge in [-0.1, -0.05) is 27.7 Å². The van der Waals surface area contributed by atoms with Crippen molar-refractivity contribution in [1.29, 1.82) is 0 Å². The Morgan fingerprint density at radius 1 is 1.53 bits per heavy atom. The molecule has 1 fully saturated rings. The van der Waals surface area contributed by atoms with E-state index in [9.17, 15) is 14.9 Å². The van der Waals surface area contributed by atoms with Crippen molar-refractivity contribution in [2.75, 3.05) is 5.75 Å². The third-order valence-corrected chi connectivity index (χ3v) is 3.48. The molecule has 0 aliphatic carbocycles. The van der Waals surface area contributed by atoms with E-state index in [0.29, 0.717) is 21.0 Å². The quantitative estimate of drug-likeness (QED) is 0.515. The van der Waals surface area contributed by atoms with Gasteiger partial charge in [0.15, 0.2) is 5.17 Å². The standard InChI is InChI=1S/C10H7BrN4O3S/c11-7-2-1-6(8(3-7)15(17)18)4-12-14-10-13-9(16)5-19-10/h1-4H,5H2,(H,13,14,16). The van der Waals surface area contributed by atoms with Crippen LogP contribution in [-0.4, -0.2) is 28.0 Å². The fourth-order valence-electron chi connectivity index (χ4n) is 1.31. The third-order valence-electron chi connectivity index (χ3n) is 2.12. The molecule has 0 bridgehead atoms. The lowest BCUT2D eigenvalue weighted by atomic mass is 10.2. The first-order chi connectivity index (χ1) is 9.06. The number of nitrogens with one attached hydrogen (secondary N) is 1. The van der Waals surface area contributed by atoms with E-state index in [1.165, 1.54) is 24.0 Å². The number of halogens is 1. The van der Waals surface area contributed by atoms with Crippen molar-refractivity contribution in [2.24, 2.45) is 10.2 Å². The van der Waals surface area contributed by atoms with Crippen LogP contribution in [0.5, 0.6) is 0 Å². The van der Waals surface area contributed by atoms with E-state index in [4.69, 9.17) is 0 Å². The molecule has 9 heteroatoms.